The molecule has 0 aromatic heterocycles. The maximum absolute atomic E-state index is 13.0. The van der Waals surface area contributed by atoms with E-state index in [0.29, 0.717) is 17.0 Å². The largest absolute Gasteiger partial charge is 0.483 e. The maximum atomic E-state index is 13.0. The van der Waals surface area contributed by atoms with Gasteiger partial charge in [-0.1, -0.05) is 17.7 Å². The molecule has 0 aliphatic carbocycles. The number of aryl methyl sites for hydroxylation is 3. The highest BCUT2D eigenvalue weighted by Crippen LogP contribution is 2.24. The molecule has 3 aromatic rings. The smallest absolute Gasteiger partial charge is 0.262 e. The number of amides is 1. The van der Waals surface area contributed by atoms with Crippen molar-refractivity contribution in [2.45, 2.75) is 25.7 Å². The summed E-state index contributed by atoms with van der Waals surface area (Å²) in [4.78, 5) is 12.2. The first-order valence-electron chi connectivity index (χ1n) is 9.53. The Balaban J connectivity index is 1.64. The molecule has 0 heterocycles. The molecule has 0 bridgehead atoms. The van der Waals surface area contributed by atoms with E-state index in [2.05, 4.69) is 10.0 Å². The van der Waals surface area contributed by atoms with Crippen molar-refractivity contribution in [1.82, 2.24) is 0 Å². The molecule has 0 radical (unpaired) electrons. The molecule has 0 fully saturated rings. The lowest BCUT2D eigenvalue weighted by atomic mass is 10.1. The van der Waals surface area contributed by atoms with Crippen LogP contribution in [0.5, 0.6) is 5.75 Å². The van der Waals surface area contributed by atoms with E-state index in [9.17, 15) is 17.6 Å². The zero-order valence-corrected chi connectivity index (χ0v) is 18.2. The molecule has 0 saturated carbocycles. The number of hydrogen-bond acceptors (Lipinski definition) is 4. The minimum Gasteiger partial charge on any atom is -0.483 e. The molecular formula is C23H23FN2O4S. The fourth-order valence-corrected chi connectivity index (χ4v) is 4.11. The van der Waals surface area contributed by atoms with Crippen molar-refractivity contribution in [3.05, 3.63) is 83.2 Å². The zero-order chi connectivity index (χ0) is 22.6. The first-order valence-corrected chi connectivity index (χ1v) is 11.0. The van der Waals surface area contributed by atoms with Crippen LogP contribution < -0.4 is 14.8 Å². The highest BCUT2D eigenvalue weighted by molar-refractivity contribution is 7.92. The summed E-state index contributed by atoms with van der Waals surface area (Å²) in [5.41, 5.74) is 3.58. The number of rotatable bonds is 7. The lowest BCUT2D eigenvalue weighted by molar-refractivity contribution is -0.118. The van der Waals surface area contributed by atoms with Gasteiger partial charge in [-0.2, -0.15) is 0 Å². The second-order valence-corrected chi connectivity index (χ2v) is 8.88. The molecule has 0 aliphatic rings. The van der Waals surface area contributed by atoms with Gasteiger partial charge in [0.05, 0.1) is 4.90 Å². The number of carbonyl (C=O) groups excluding carboxylic acids is 1. The molecule has 31 heavy (non-hydrogen) atoms. The van der Waals surface area contributed by atoms with E-state index in [0.717, 1.165) is 11.1 Å². The monoisotopic (exact) mass is 442 g/mol. The minimum atomic E-state index is -3.85. The van der Waals surface area contributed by atoms with Gasteiger partial charge in [-0.15, -0.1) is 0 Å². The Labute approximate surface area is 181 Å². The summed E-state index contributed by atoms with van der Waals surface area (Å²) in [7, 11) is -3.85. The first kappa shape index (κ1) is 22.3. The highest BCUT2D eigenvalue weighted by atomic mass is 32.2. The number of anilines is 2. The summed E-state index contributed by atoms with van der Waals surface area (Å²) in [5, 5.41) is 2.80. The molecule has 0 aliphatic heterocycles. The normalized spacial score (nSPS) is 11.1. The summed E-state index contributed by atoms with van der Waals surface area (Å²) in [6.07, 6.45) is 0. The predicted molar refractivity (Wildman–Crippen MR) is 118 cm³/mol. The van der Waals surface area contributed by atoms with Gasteiger partial charge in [0, 0.05) is 11.4 Å². The Morgan fingerprint density at radius 2 is 1.65 bits per heavy atom. The lowest BCUT2D eigenvalue weighted by Crippen LogP contribution is -2.21. The number of nitrogens with one attached hydrogen (secondary N) is 2. The standard InChI is InChI=1S/C23H23FN2O4S/c1-15-4-10-21(16(2)12-15)25-23(27)14-30-22-11-9-20(13-17(22)3)31(28,29)26-19-7-5-18(24)6-8-19/h4-13,26H,14H2,1-3H3,(H,25,27). The molecule has 1 amide bonds. The van der Waals surface area contributed by atoms with Crippen molar-refractivity contribution in [3.63, 3.8) is 0 Å². The fraction of sp³-hybridized carbons (Fsp3) is 0.174. The van der Waals surface area contributed by atoms with Gasteiger partial charge >= 0.3 is 0 Å². The molecule has 0 spiro atoms. The van der Waals surface area contributed by atoms with Crippen LogP contribution in [0.4, 0.5) is 15.8 Å². The molecule has 162 valence electrons. The summed E-state index contributed by atoms with van der Waals surface area (Å²) in [6.45, 7) is 5.36. The number of carbonyl (C=O) groups is 1. The molecule has 2 N–H and O–H groups in total. The first-order chi connectivity index (χ1) is 14.6. The number of benzene rings is 3. The average molecular weight is 443 g/mol. The number of halogens is 1. The summed E-state index contributed by atoms with van der Waals surface area (Å²) in [5.74, 6) is -0.376. The van der Waals surface area contributed by atoms with Crippen molar-refractivity contribution in [2.24, 2.45) is 0 Å². The van der Waals surface area contributed by atoms with Gasteiger partial charge in [0.1, 0.15) is 11.6 Å². The maximum Gasteiger partial charge on any atom is 0.262 e. The zero-order valence-electron chi connectivity index (χ0n) is 17.4. The molecule has 8 heteroatoms. The molecule has 0 unspecified atom stereocenters. The van der Waals surface area contributed by atoms with E-state index < -0.39 is 15.8 Å². The van der Waals surface area contributed by atoms with Gasteiger partial charge in [-0.25, -0.2) is 12.8 Å². The lowest BCUT2D eigenvalue weighted by Gasteiger charge is -2.13. The van der Waals surface area contributed by atoms with E-state index >= 15 is 0 Å². The van der Waals surface area contributed by atoms with Crippen LogP contribution in [0.25, 0.3) is 0 Å². The van der Waals surface area contributed by atoms with Crippen LogP contribution in [0, 0.1) is 26.6 Å². The summed E-state index contributed by atoms with van der Waals surface area (Å²) in [6, 6.07) is 15.1. The molecule has 3 aromatic carbocycles. The molecule has 0 saturated heterocycles. The van der Waals surface area contributed by atoms with Crippen molar-refractivity contribution in [1.29, 1.82) is 0 Å². The Morgan fingerprint density at radius 3 is 2.29 bits per heavy atom. The van der Waals surface area contributed by atoms with E-state index in [1.54, 1.807) is 6.92 Å². The van der Waals surface area contributed by atoms with Crippen LogP contribution in [0.15, 0.2) is 65.6 Å². The van der Waals surface area contributed by atoms with Gasteiger partial charge in [0.15, 0.2) is 6.61 Å². The van der Waals surface area contributed by atoms with Crippen molar-refractivity contribution in [3.8, 4) is 5.75 Å². The third kappa shape index (κ3) is 5.82. The van der Waals surface area contributed by atoms with E-state index in [1.165, 1.54) is 42.5 Å². The van der Waals surface area contributed by atoms with Crippen molar-refractivity contribution < 1.29 is 22.3 Å². The Bertz CT molecular complexity index is 1210. The van der Waals surface area contributed by atoms with Gasteiger partial charge in [-0.05, 0) is 80.4 Å². The van der Waals surface area contributed by atoms with Crippen molar-refractivity contribution >= 4 is 27.3 Å². The molecule has 0 atom stereocenters. The minimum absolute atomic E-state index is 0.0291. The van der Waals surface area contributed by atoms with Crippen LogP contribution in [0.1, 0.15) is 16.7 Å². The summed E-state index contributed by atoms with van der Waals surface area (Å²) >= 11 is 0. The van der Waals surface area contributed by atoms with E-state index in [-0.39, 0.29) is 23.1 Å². The number of ether oxygens (including phenoxy) is 1. The van der Waals surface area contributed by atoms with Crippen LogP contribution in [-0.4, -0.2) is 20.9 Å². The Morgan fingerprint density at radius 1 is 0.935 bits per heavy atom. The van der Waals surface area contributed by atoms with Gasteiger partial charge in [0.25, 0.3) is 15.9 Å². The molecular weight excluding hydrogens is 419 g/mol. The Kier molecular flexibility index (Phi) is 6.60. The third-order valence-electron chi connectivity index (χ3n) is 4.57. The van der Waals surface area contributed by atoms with Gasteiger partial charge in [0.2, 0.25) is 0 Å². The van der Waals surface area contributed by atoms with Crippen LogP contribution in [0.2, 0.25) is 0 Å². The van der Waals surface area contributed by atoms with Crippen LogP contribution >= 0.6 is 0 Å². The van der Waals surface area contributed by atoms with Crippen molar-refractivity contribution in [2.75, 3.05) is 16.6 Å². The average Bonchev–Trinajstić information content (AvgIpc) is 2.70. The second-order valence-electron chi connectivity index (χ2n) is 7.19. The van der Waals surface area contributed by atoms with Crippen LogP contribution in [-0.2, 0) is 14.8 Å². The number of sulfonamides is 1. The van der Waals surface area contributed by atoms with Gasteiger partial charge < -0.3 is 10.1 Å². The van der Waals surface area contributed by atoms with E-state index in [1.807, 2.05) is 32.0 Å². The van der Waals surface area contributed by atoms with Crippen LogP contribution in [0.3, 0.4) is 0 Å². The third-order valence-corrected chi connectivity index (χ3v) is 5.95. The second kappa shape index (κ2) is 9.18. The SMILES string of the molecule is Cc1ccc(NC(=O)COc2ccc(S(=O)(=O)Nc3ccc(F)cc3)cc2C)c(C)c1. The Hall–Kier alpha value is -3.39. The topological polar surface area (TPSA) is 84.5 Å². The van der Waals surface area contributed by atoms with E-state index in [4.69, 9.17) is 4.74 Å². The fourth-order valence-electron chi connectivity index (χ4n) is 2.97. The molecule has 6 nitrogen and oxygen atoms in total. The number of hydrogen-bond donors (Lipinski definition) is 2. The molecule has 3 rings (SSSR count). The van der Waals surface area contributed by atoms with Gasteiger partial charge in [-0.3, -0.25) is 9.52 Å². The quantitative estimate of drug-likeness (QED) is 0.561. The predicted octanol–water partition coefficient (Wildman–Crippen LogP) is 4.57. The summed E-state index contributed by atoms with van der Waals surface area (Å²) < 4.78 is 46.1. The highest BCUT2D eigenvalue weighted by Gasteiger charge is 2.16.